The molecule has 0 spiro atoms. The number of hydrogen-bond donors (Lipinski definition) is 2. The third-order valence-electron chi connectivity index (χ3n) is 3.12. The number of nitrogens with one attached hydrogen (secondary N) is 2. The largest absolute Gasteiger partial charge is 0.338 e. The highest BCUT2D eigenvalue weighted by atomic mass is 16.2. The summed E-state index contributed by atoms with van der Waals surface area (Å²) in [6.07, 6.45) is 3.28. The van der Waals surface area contributed by atoms with Gasteiger partial charge in [0.05, 0.1) is 17.6 Å². The summed E-state index contributed by atoms with van der Waals surface area (Å²) in [5.74, 6) is 0.294. The van der Waals surface area contributed by atoms with Crippen LogP contribution in [0, 0.1) is 19.8 Å². The molecule has 0 saturated carbocycles. The van der Waals surface area contributed by atoms with Gasteiger partial charge in [-0.25, -0.2) is 4.79 Å². The number of aromatic nitrogens is 3. The van der Waals surface area contributed by atoms with Crippen molar-refractivity contribution in [1.82, 2.24) is 20.1 Å². The molecule has 112 valence electrons. The molecule has 0 aliphatic heterocycles. The fraction of sp³-hybridized carbons (Fsp3) is 0.400. The highest BCUT2D eigenvalue weighted by Gasteiger charge is 2.09. The maximum absolute atomic E-state index is 11.8. The number of carbonyl (C=O) groups excluding carboxylic acids is 1. The molecule has 0 bridgehead atoms. The smallest absolute Gasteiger partial charge is 0.319 e. The molecule has 0 radical (unpaired) electrons. The van der Waals surface area contributed by atoms with Crippen LogP contribution in [0.2, 0.25) is 0 Å². The number of hydrogen-bond acceptors (Lipinski definition) is 3. The van der Waals surface area contributed by atoms with E-state index in [4.69, 9.17) is 0 Å². The van der Waals surface area contributed by atoms with Crippen LogP contribution in [0.1, 0.15) is 18.3 Å². The van der Waals surface area contributed by atoms with Gasteiger partial charge in [-0.05, 0) is 38.0 Å². The number of nitrogens with zero attached hydrogens (tertiary/aromatic N) is 3. The lowest BCUT2D eigenvalue weighted by Gasteiger charge is -2.14. The number of aryl methyl sites for hydroxylation is 2. The molecule has 2 amide bonds. The Morgan fingerprint density at radius 1 is 1.43 bits per heavy atom. The first kappa shape index (κ1) is 15.0. The molecule has 0 aliphatic carbocycles. The first-order valence-electron chi connectivity index (χ1n) is 7.00. The van der Waals surface area contributed by atoms with Gasteiger partial charge in [-0.15, -0.1) is 0 Å². The van der Waals surface area contributed by atoms with E-state index >= 15 is 0 Å². The maximum atomic E-state index is 11.8. The van der Waals surface area contributed by atoms with Crippen molar-refractivity contribution in [3.05, 3.63) is 42.0 Å². The second-order valence-electron chi connectivity index (χ2n) is 5.29. The van der Waals surface area contributed by atoms with E-state index in [1.165, 1.54) is 0 Å². The quantitative estimate of drug-likeness (QED) is 0.886. The van der Waals surface area contributed by atoms with Gasteiger partial charge in [-0.2, -0.15) is 5.10 Å². The summed E-state index contributed by atoms with van der Waals surface area (Å²) in [7, 11) is 0. The number of rotatable bonds is 5. The van der Waals surface area contributed by atoms with Gasteiger partial charge in [-0.1, -0.05) is 6.92 Å². The summed E-state index contributed by atoms with van der Waals surface area (Å²) in [5, 5.41) is 10.0. The number of amides is 2. The van der Waals surface area contributed by atoms with E-state index in [0.29, 0.717) is 18.2 Å². The lowest BCUT2D eigenvalue weighted by molar-refractivity contribution is 0.249. The standard InChI is InChI=1S/C15H21N5O/c1-11(10-20-13(3)7-12(2)19-20)8-17-15(21)18-14-5-4-6-16-9-14/h4-7,9,11H,8,10H2,1-3H3,(H2,17,18,21). The minimum absolute atomic E-state index is 0.219. The van der Waals surface area contributed by atoms with Crippen molar-refractivity contribution in [2.45, 2.75) is 27.3 Å². The van der Waals surface area contributed by atoms with E-state index in [1.54, 1.807) is 24.5 Å². The Balaban J connectivity index is 1.77. The SMILES string of the molecule is Cc1cc(C)n(CC(C)CNC(=O)Nc2cccnc2)n1. The number of urea groups is 1. The van der Waals surface area contributed by atoms with Crippen LogP contribution >= 0.6 is 0 Å². The van der Waals surface area contributed by atoms with Crippen molar-refractivity contribution < 1.29 is 4.79 Å². The first-order chi connectivity index (χ1) is 10.0. The lowest BCUT2D eigenvalue weighted by atomic mass is 10.2. The zero-order chi connectivity index (χ0) is 15.2. The minimum atomic E-state index is -0.219. The summed E-state index contributed by atoms with van der Waals surface area (Å²) in [4.78, 5) is 15.7. The summed E-state index contributed by atoms with van der Waals surface area (Å²) >= 11 is 0. The summed E-state index contributed by atoms with van der Waals surface area (Å²) in [6.45, 7) is 7.47. The third-order valence-corrected chi connectivity index (χ3v) is 3.12. The minimum Gasteiger partial charge on any atom is -0.338 e. The van der Waals surface area contributed by atoms with E-state index in [1.807, 2.05) is 18.5 Å². The fourth-order valence-electron chi connectivity index (χ4n) is 2.10. The van der Waals surface area contributed by atoms with Crippen LogP contribution in [0.3, 0.4) is 0 Å². The highest BCUT2D eigenvalue weighted by molar-refractivity contribution is 5.88. The fourth-order valence-corrected chi connectivity index (χ4v) is 2.10. The van der Waals surface area contributed by atoms with Crippen molar-refractivity contribution >= 4 is 11.7 Å². The Hall–Kier alpha value is -2.37. The molecule has 1 unspecified atom stereocenters. The molecule has 2 N–H and O–H groups in total. The topological polar surface area (TPSA) is 71.8 Å². The normalized spacial score (nSPS) is 12.0. The predicted molar refractivity (Wildman–Crippen MR) is 82.1 cm³/mol. The van der Waals surface area contributed by atoms with E-state index in [-0.39, 0.29) is 6.03 Å². The number of carbonyl (C=O) groups is 1. The lowest BCUT2D eigenvalue weighted by Crippen LogP contribution is -2.33. The van der Waals surface area contributed by atoms with Crippen molar-refractivity contribution in [3.8, 4) is 0 Å². The molecule has 6 heteroatoms. The molecule has 0 saturated heterocycles. The van der Waals surface area contributed by atoms with Gasteiger partial charge >= 0.3 is 6.03 Å². The number of anilines is 1. The Bertz CT molecular complexity index is 593. The average molecular weight is 287 g/mol. The molecule has 21 heavy (non-hydrogen) atoms. The van der Waals surface area contributed by atoms with E-state index in [9.17, 15) is 4.79 Å². The van der Waals surface area contributed by atoms with Crippen molar-refractivity contribution in [3.63, 3.8) is 0 Å². The zero-order valence-electron chi connectivity index (χ0n) is 12.6. The van der Waals surface area contributed by atoms with Gasteiger partial charge in [-0.3, -0.25) is 9.67 Å². The van der Waals surface area contributed by atoms with Gasteiger partial charge in [0.2, 0.25) is 0 Å². The van der Waals surface area contributed by atoms with E-state index in [0.717, 1.165) is 17.9 Å². The summed E-state index contributed by atoms with van der Waals surface area (Å²) in [6, 6.07) is 5.41. The molecular formula is C15H21N5O. The molecular weight excluding hydrogens is 266 g/mol. The van der Waals surface area contributed by atoms with Gasteiger partial charge in [0.25, 0.3) is 0 Å². The van der Waals surface area contributed by atoms with Gasteiger partial charge in [0.15, 0.2) is 0 Å². The van der Waals surface area contributed by atoms with Gasteiger partial charge in [0, 0.05) is 25.0 Å². The van der Waals surface area contributed by atoms with Crippen LogP contribution in [0.25, 0.3) is 0 Å². The Morgan fingerprint density at radius 2 is 2.24 bits per heavy atom. The molecule has 0 fully saturated rings. The monoisotopic (exact) mass is 287 g/mol. The van der Waals surface area contributed by atoms with Crippen molar-refractivity contribution in [2.24, 2.45) is 5.92 Å². The molecule has 2 aromatic rings. The van der Waals surface area contributed by atoms with Crippen LogP contribution in [0.5, 0.6) is 0 Å². The van der Waals surface area contributed by atoms with Crippen LogP contribution in [0.4, 0.5) is 10.5 Å². The molecule has 2 rings (SSSR count). The summed E-state index contributed by atoms with van der Waals surface area (Å²) < 4.78 is 1.97. The van der Waals surface area contributed by atoms with Crippen LogP contribution in [-0.4, -0.2) is 27.3 Å². The number of pyridine rings is 1. The second-order valence-corrected chi connectivity index (χ2v) is 5.29. The zero-order valence-corrected chi connectivity index (χ0v) is 12.6. The van der Waals surface area contributed by atoms with Crippen molar-refractivity contribution in [2.75, 3.05) is 11.9 Å². The van der Waals surface area contributed by atoms with Crippen molar-refractivity contribution in [1.29, 1.82) is 0 Å². The molecule has 6 nitrogen and oxygen atoms in total. The third kappa shape index (κ3) is 4.59. The molecule has 0 aromatic carbocycles. The second kappa shape index (κ2) is 6.88. The molecule has 2 aromatic heterocycles. The Labute approximate surface area is 124 Å². The van der Waals surface area contributed by atoms with Crippen LogP contribution in [0.15, 0.2) is 30.6 Å². The van der Waals surface area contributed by atoms with E-state index < -0.39 is 0 Å². The molecule has 2 heterocycles. The Morgan fingerprint density at radius 3 is 2.86 bits per heavy atom. The van der Waals surface area contributed by atoms with Crippen LogP contribution < -0.4 is 10.6 Å². The highest BCUT2D eigenvalue weighted by Crippen LogP contribution is 2.06. The Kier molecular flexibility index (Phi) is 4.92. The predicted octanol–water partition coefficient (Wildman–Crippen LogP) is 2.35. The average Bonchev–Trinajstić information content (AvgIpc) is 2.76. The summed E-state index contributed by atoms with van der Waals surface area (Å²) in [5.41, 5.74) is 2.84. The first-order valence-corrected chi connectivity index (χ1v) is 7.00. The van der Waals surface area contributed by atoms with Crippen LogP contribution in [-0.2, 0) is 6.54 Å². The van der Waals surface area contributed by atoms with Gasteiger partial charge in [0.1, 0.15) is 0 Å². The van der Waals surface area contributed by atoms with E-state index in [2.05, 4.69) is 33.7 Å². The molecule has 1 atom stereocenters. The van der Waals surface area contributed by atoms with Gasteiger partial charge < -0.3 is 10.6 Å². The molecule has 0 aliphatic rings. The maximum Gasteiger partial charge on any atom is 0.319 e.